The second-order valence-electron chi connectivity index (χ2n) is 5.33. The molecule has 4 heteroatoms. The molecular weight excluding hydrogens is 226 g/mol. The van der Waals surface area contributed by atoms with Gasteiger partial charge in [0.05, 0.1) is 12.2 Å². The van der Waals surface area contributed by atoms with Crippen LogP contribution in [0.5, 0.6) is 0 Å². The van der Waals surface area contributed by atoms with E-state index in [9.17, 15) is 19.0 Å². The molecule has 0 aromatic rings. The molecule has 1 saturated carbocycles. The summed E-state index contributed by atoms with van der Waals surface area (Å²) in [5, 5.41) is 19.8. The monoisotopic (exact) mass is 250 g/mol. The van der Waals surface area contributed by atoms with Gasteiger partial charge >= 0.3 is 0 Å². The summed E-state index contributed by atoms with van der Waals surface area (Å²) in [5.41, 5.74) is 0. The van der Waals surface area contributed by atoms with Crippen molar-refractivity contribution in [3.05, 3.63) is 0 Å². The molecule has 3 unspecified atom stereocenters. The predicted molar refractivity (Wildman–Crippen MR) is 63.0 cm³/mol. The van der Waals surface area contributed by atoms with E-state index in [4.69, 9.17) is 0 Å². The molecule has 1 aliphatic rings. The van der Waals surface area contributed by atoms with E-state index < -0.39 is 18.1 Å². The fraction of sp³-hybridized carbons (Fsp3) is 1.00. The van der Waals surface area contributed by atoms with Gasteiger partial charge in [0.15, 0.2) is 0 Å². The number of aliphatic hydroxyl groups excluding tert-OH is 2. The van der Waals surface area contributed by atoms with Crippen molar-refractivity contribution >= 4 is 0 Å². The summed E-state index contributed by atoms with van der Waals surface area (Å²) in [4.78, 5) is 0. The molecule has 1 fully saturated rings. The number of halogens is 2. The molecule has 0 bridgehead atoms. The third-order valence-electron chi connectivity index (χ3n) is 4.01. The van der Waals surface area contributed by atoms with Crippen LogP contribution in [0, 0.1) is 11.8 Å². The maximum Gasteiger partial charge on any atom is 0.248 e. The van der Waals surface area contributed by atoms with Crippen molar-refractivity contribution in [2.75, 3.05) is 0 Å². The highest BCUT2D eigenvalue weighted by atomic mass is 19.3. The van der Waals surface area contributed by atoms with E-state index in [0.29, 0.717) is 12.8 Å². The zero-order valence-electron chi connectivity index (χ0n) is 10.7. The van der Waals surface area contributed by atoms with Gasteiger partial charge in [0.1, 0.15) is 0 Å². The van der Waals surface area contributed by atoms with Gasteiger partial charge < -0.3 is 10.2 Å². The maximum atomic E-state index is 13.0. The van der Waals surface area contributed by atoms with Gasteiger partial charge in [-0.1, -0.05) is 26.7 Å². The standard InChI is InChI=1S/C13H24F2O2/c1-3-10(4-2)12(17)11(16)7-9-5-6-13(14,15)8-9/h9-12,16-17H,3-8H2,1-2H3. The SMILES string of the molecule is CCC(CC)C(O)C(O)CC1CCC(F)(F)C1. The van der Waals surface area contributed by atoms with E-state index >= 15 is 0 Å². The van der Waals surface area contributed by atoms with Gasteiger partial charge in [-0.2, -0.15) is 0 Å². The summed E-state index contributed by atoms with van der Waals surface area (Å²) in [5.74, 6) is -2.65. The summed E-state index contributed by atoms with van der Waals surface area (Å²) >= 11 is 0. The Morgan fingerprint density at radius 2 is 1.82 bits per heavy atom. The largest absolute Gasteiger partial charge is 0.390 e. The summed E-state index contributed by atoms with van der Waals surface area (Å²) in [6, 6.07) is 0. The highest BCUT2D eigenvalue weighted by Gasteiger charge is 2.40. The summed E-state index contributed by atoms with van der Waals surface area (Å²) in [6.07, 6.45) is 0.501. The van der Waals surface area contributed by atoms with Gasteiger partial charge in [0.25, 0.3) is 0 Å². The van der Waals surface area contributed by atoms with Crippen LogP contribution in [0.3, 0.4) is 0 Å². The van der Waals surface area contributed by atoms with E-state index in [1.54, 1.807) is 0 Å². The van der Waals surface area contributed by atoms with Crippen LogP contribution in [-0.4, -0.2) is 28.3 Å². The molecule has 1 aliphatic carbocycles. The van der Waals surface area contributed by atoms with Crippen molar-refractivity contribution in [2.24, 2.45) is 11.8 Å². The van der Waals surface area contributed by atoms with Crippen molar-refractivity contribution in [2.45, 2.75) is 70.5 Å². The van der Waals surface area contributed by atoms with Gasteiger partial charge in [-0.25, -0.2) is 8.78 Å². The van der Waals surface area contributed by atoms with Crippen molar-refractivity contribution < 1.29 is 19.0 Å². The molecule has 102 valence electrons. The Morgan fingerprint density at radius 1 is 1.24 bits per heavy atom. The molecular formula is C13H24F2O2. The third kappa shape index (κ3) is 4.18. The molecule has 2 N–H and O–H groups in total. The van der Waals surface area contributed by atoms with E-state index in [1.807, 2.05) is 13.8 Å². The molecule has 0 aliphatic heterocycles. The quantitative estimate of drug-likeness (QED) is 0.761. The Bertz CT molecular complexity index is 229. The average Bonchev–Trinajstić information content (AvgIpc) is 2.59. The van der Waals surface area contributed by atoms with Crippen LogP contribution < -0.4 is 0 Å². The van der Waals surface area contributed by atoms with Crippen LogP contribution in [0.2, 0.25) is 0 Å². The molecule has 17 heavy (non-hydrogen) atoms. The van der Waals surface area contributed by atoms with E-state index in [0.717, 1.165) is 12.8 Å². The van der Waals surface area contributed by atoms with Crippen LogP contribution in [0.1, 0.15) is 52.4 Å². The topological polar surface area (TPSA) is 40.5 Å². The second kappa shape index (κ2) is 6.10. The first-order chi connectivity index (χ1) is 7.89. The summed E-state index contributed by atoms with van der Waals surface area (Å²) < 4.78 is 26.0. The molecule has 0 radical (unpaired) electrons. The van der Waals surface area contributed by atoms with Crippen LogP contribution in [0.4, 0.5) is 8.78 Å². The van der Waals surface area contributed by atoms with Crippen LogP contribution in [0.15, 0.2) is 0 Å². The first-order valence-corrected chi connectivity index (χ1v) is 6.63. The first kappa shape index (κ1) is 14.8. The van der Waals surface area contributed by atoms with Crippen molar-refractivity contribution in [1.82, 2.24) is 0 Å². The zero-order chi connectivity index (χ0) is 13.1. The number of alkyl halides is 2. The average molecular weight is 250 g/mol. The van der Waals surface area contributed by atoms with E-state index in [1.165, 1.54) is 0 Å². The van der Waals surface area contributed by atoms with Gasteiger partial charge in [-0.15, -0.1) is 0 Å². The number of hydrogen-bond donors (Lipinski definition) is 2. The lowest BCUT2D eigenvalue weighted by molar-refractivity contribution is -0.0357. The smallest absolute Gasteiger partial charge is 0.248 e. The minimum Gasteiger partial charge on any atom is -0.390 e. The van der Waals surface area contributed by atoms with Crippen LogP contribution in [0.25, 0.3) is 0 Å². The Balaban J connectivity index is 2.41. The Kier molecular flexibility index (Phi) is 5.32. The molecule has 3 atom stereocenters. The van der Waals surface area contributed by atoms with E-state index in [-0.39, 0.29) is 24.7 Å². The van der Waals surface area contributed by atoms with Crippen LogP contribution >= 0.6 is 0 Å². The number of aliphatic hydroxyl groups is 2. The molecule has 2 nitrogen and oxygen atoms in total. The highest BCUT2D eigenvalue weighted by Crippen LogP contribution is 2.41. The summed E-state index contributed by atoms with van der Waals surface area (Å²) in [7, 11) is 0. The lowest BCUT2D eigenvalue weighted by Gasteiger charge is -2.26. The van der Waals surface area contributed by atoms with Gasteiger partial charge in [0, 0.05) is 12.8 Å². The fourth-order valence-electron chi connectivity index (χ4n) is 2.81. The lowest BCUT2D eigenvalue weighted by Crippen LogP contribution is -2.34. The van der Waals surface area contributed by atoms with Crippen molar-refractivity contribution in [1.29, 1.82) is 0 Å². The molecule has 0 spiro atoms. The van der Waals surface area contributed by atoms with Gasteiger partial charge in [-0.05, 0) is 24.7 Å². The lowest BCUT2D eigenvalue weighted by atomic mass is 9.88. The molecule has 1 rings (SSSR count). The number of rotatable bonds is 6. The zero-order valence-corrected chi connectivity index (χ0v) is 10.7. The first-order valence-electron chi connectivity index (χ1n) is 6.63. The number of hydrogen-bond acceptors (Lipinski definition) is 2. The van der Waals surface area contributed by atoms with Crippen LogP contribution in [-0.2, 0) is 0 Å². The maximum absolute atomic E-state index is 13.0. The predicted octanol–water partition coefficient (Wildman–Crippen LogP) is 2.97. The second-order valence-corrected chi connectivity index (χ2v) is 5.33. The molecule has 0 heterocycles. The minimum atomic E-state index is -2.57. The van der Waals surface area contributed by atoms with Crippen molar-refractivity contribution in [3.63, 3.8) is 0 Å². The van der Waals surface area contributed by atoms with Gasteiger partial charge in [0.2, 0.25) is 5.92 Å². The van der Waals surface area contributed by atoms with Crippen molar-refractivity contribution in [3.8, 4) is 0 Å². The minimum absolute atomic E-state index is 0.0620. The van der Waals surface area contributed by atoms with Gasteiger partial charge in [-0.3, -0.25) is 0 Å². The third-order valence-corrected chi connectivity index (χ3v) is 4.01. The van der Waals surface area contributed by atoms with E-state index in [2.05, 4.69) is 0 Å². The molecule has 0 aromatic carbocycles. The highest BCUT2D eigenvalue weighted by molar-refractivity contribution is 4.85. The Morgan fingerprint density at radius 3 is 2.24 bits per heavy atom. The normalized spacial score (nSPS) is 27.4. The Labute approximate surface area is 102 Å². The Hall–Kier alpha value is -0.220. The molecule has 0 aromatic heterocycles. The molecule has 0 amide bonds. The fourth-order valence-corrected chi connectivity index (χ4v) is 2.81. The molecule has 0 saturated heterocycles. The summed E-state index contributed by atoms with van der Waals surface area (Å²) in [6.45, 7) is 3.93.